The molecule has 0 atom stereocenters. The van der Waals surface area contributed by atoms with Crippen LogP contribution in [0.5, 0.6) is 0 Å². The molecule has 0 saturated carbocycles. The molecule has 1 N–H and O–H groups in total. The maximum Gasteiger partial charge on any atom is 0.123 e. The zero-order chi connectivity index (χ0) is 18.5. The first-order valence-corrected chi connectivity index (χ1v) is 9.60. The van der Waals surface area contributed by atoms with E-state index < -0.39 is 0 Å². The third kappa shape index (κ3) is 4.55. The summed E-state index contributed by atoms with van der Waals surface area (Å²) in [5, 5.41) is 7.89. The lowest BCUT2D eigenvalue weighted by atomic mass is 10.0. The summed E-state index contributed by atoms with van der Waals surface area (Å²) in [6.45, 7) is 3.96. The van der Waals surface area contributed by atoms with E-state index in [1.807, 2.05) is 35.3 Å². The molecule has 0 unspecified atom stereocenters. The average Bonchev–Trinajstić information content (AvgIpc) is 3.23. The molecule has 2 heterocycles. The van der Waals surface area contributed by atoms with Gasteiger partial charge in [-0.05, 0) is 54.3 Å². The van der Waals surface area contributed by atoms with Gasteiger partial charge in [0.25, 0.3) is 0 Å². The summed E-state index contributed by atoms with van der Waals surface area (Å²) in [5.74, 6) is -0.197. The lowest BCUT2D eigenvalue weighted by Gasteiger charge is -2.34. The van der Waals surface area contributed by atoms with Gasteiger partial charge in [-0.15, -0.1) is 0 Å². The van der Waals surface area contributed by atoms with E-state index >= 15 is 0 Å². The van der Waals surface area contributed by atoms with Crippen molar-refractivity contribution >= 4 is 5.69 Å². The number of piperidine rings is 1. The molecule has 1 saturated heterocycles. The fraction of sp³-hybridized carbons (Fsp3) is 0.318. The summed E-state index contributed by atoms with van der Waals surface area (Å²) in [4.78, 5) is 2.44. The molecule has 1 fully saturated rings. The highest BCUT2D eigenvalue weighted by Crippen LogP contribution is 2.27. The van der Waals surface area contributed by atoms with E-state index in [-0.39, 0.29) is 5.82 Å². The van der Waals surface area contributed by atoms with Crippen LogP contribution in [0.4, 0.5) is 10.1 Å². The van der Waals surface area contributed by atoms with Crippen LogP contribution >= 0.6 is 0 Å². The van der Waals surface area contributed by atoms with Crippen molar-refractivity contribution in [1.29, 1.82) is 0 Å². The predicted octanol–water partition coefficient (Wildman–Crippen LogP) is 3.95. The van der Waals surface area contributed by atoms with Gasteiger partial charge in [-0.25, -0.2) is 4.39 Å². The van der Waals surface area contributed by atoms with Crippen molar-refractivity contribution in [1.82, 2.24) is 15.1 Å². The number of nitrogens with zero attached hydrogens (tertiary/aromatic N) is 3. The third-order valence-electron chi connectivity index (χ3n) is 5.22. The Morgan fingerprint density at radius 2 is 1.81 bits per heavy atom. The molecule has 5 heteroatoms. The Labute approximate surface area is 159 Å². The Morgan fingerprint density at radius 3 is 2.56 bits per heavy atom. The van der Waals surface area contributed by atoms with Crippen molar-refractivity contribution in [2.75, 3.05) is 24.5 Å². The van der Waals surface area contributed by atoms with Gasteiger partial charge in [0.15, 0.2) is 0 Å². The van der Waals surface area contributed by atoms with Crippen LogP contribution in [0.1, 0.15) is 12.8 Å². The van der Waals surface area contributed by atoms with Gasteiger partial charge in [0.2, 0.25) is 0 Å². The van der Waals surface area contributed by atoms with E-state index in [2.05, 4.69) is 39.6 Å². The van der Waals surface area contributed by atoms with Crippen LogP contribution in [-0.4, -0.2) is 35.5 Å². The van der Waals surface area contributed by atoms with Crippen LogP contribution in [0.25, 0.3) is 11.1 Å². The summed E-state index contributed by atoms with van der Waals surface area (Å²) in [7, 11) is 0. The lowest BCUT2D eigenvalue weighted by molar-refractivity contribution is 0.401. The predicted molar refractivity (Wildman–Crippen MR) is 107 cm³/mol. The summed E-state index contributed by atoms with van der Waals surface area (Å²) in [5.41, 5.74) is 3.42. The van der Waals surface area contributed by atoms with Gasteiger partial charge in [-0.1, -0.05) is 24.3 Å². The van der Waals surface area contributed by atoms with E-state index in [9.17, 15) is 4.39 Å². The molecule has 4 nitrogen and oxygen atoms in total. The van der Waals surface area contributed by atoms with Crippen molar-refractivity contribution in [3.05, 3.63) is 72.8 Å². The normalized spacial score (nSPS) is 15.2. The molecule has 0 amide bonds. The number of benzene rings is 2. The SMILES string of the molecule is Fc1ccc(-c2cccc(N3CCC(NCCn4cccn4)CC3)c2)cc1. The fourth-order valence-corrected chi connectivity index (χ4v) is 3.68. The molecule has 1 aliphatic rings. The van der Waals surface area contributed by atoms with Gasteiger partial charge < -0.3 is 10.2 Å². The van der Waals surface area contributed by atoms with Crippen LogP contribution in [0.15, 0.2) is 67.0 Å². The van der Waals surface area contributed by atoms with Gasteiger partial charge >= 0.3 is 0 Å². The molecule has 1 aromatic heterocycles. The van der Waals surface area contributed by atoms with Crippen LogP contribution in [0, 0.1) is 5.82 Å². The van der Waals surface area contributed by atoms with E-state index in [4.69, 9.17) is 0 Å². The summed E-state index contributed by atoms with van der Waals surface area (Å²) in [6.07, 6.45) is 6.09. The van der Waals surface area contributed by atoms with Gasteiger partial charge in [0.05, 0.1) is 6.54 Å². The number of hydrogen-bond donors (Lipinski definition) is 1. The zero-order valence-corrected chi connectivity index (χ0v) is 15.4. The number of hydrogen-bond acceptors (Lipinski definition) is 3. The van der Waals surface area contributed by atoms with Crippen LogP contribution in [-0.2, 0) is 6.54 Å². The molecule has 3 aromatic rings. The van der Waals surface area contributed by atoms with Crippen LogP contribution in [0.3, 0.4) is 0 Å². The van der Waals surface area contributed by atoms with E-state index in [0.29, 0.717) is 6.04 Å². The topological polar surface area (TPSA) is 33.1 Å². The second kappa shape index (κ2) is 8.35. The molecule has 140 valence electrons. The lowest BCUT2D eigenvalue weighted by Crippen LogP contribution is -2.43. The van der Waals surface area contributed by atoms with Gasteiger partial charge in [0.1, 0.15) is 5.82 Å². The molecule has 0 spiro atoms. The Morgan fingerprint density at radius 1 is 1.00 bits per heavy atom. The summed E-state index contributed by atoms with van der Waals surface area (Å²) >= 11 is 0. The van der Waals surface area contributed by atoms with Crippen molar-refractivity contribution in [2.24, 2.45) is 0 Å². The molecule has 27 heavy (non-hydrogen) atoms. The Kier molecular flexibility index (Phi) is 5.49. The Hall–Kier alpha value is -2.66. The highest BCUT2D eigenvalue weighted by atomic mass is 19.1. The van der Waals surface area contributed by atoms with Crippen LogP contribution in [0.2, 0.25) is 0 Å². The van der Waals surface area contributed by atoms with Crippen molar-refractivity contribution < 1.29 is 4.39 Å². The second-order valence-electron chi connectivity index (χ2n) is 7.04. The fourth-order valence-electron chi connectivity index (χ4n) is 3.68. The number of halogens is 1. The average molecular weight is 364 g/mol. The number of anilines is 1. The van der Waals surface area contributed by atoms with Gasteiger partial charge in [-0.2, -0.15) is 5.10 Å². The minimum atomic E-state index is -0.197. The third-order valence-corrected chi connectivity index (χ3v) is 5.22. The zero-order valence-electron chi connectivity index (χ0n) is 15.4. The van der Waals surface area contributed by atoms with E-state index in [1.165, 1.54) is 17.8 Å². The first-order valence-electron chi connectivity index (χ1n) is 9.60. The minimum absolute atomic E-state index is 0.197. The smallest absolute Gasteiger partial charge is 0.123 e. The molecule has 1 aliphatic heterocycles. The first-order chi connectivity index (χ1) is 13.3. The number of nitrogens with one attached hydrogen (secondary N) is 1. The molecule has 4 rings (SSSR count). The minimum Gasteiger partial charge on any atom is -0.371 e. The highest BCUT2D eigenvalue weighted by molar-refractivity contribution is 5.68. The molecule has 0 aliphatic carbocycles. The largest absolute Gasteiger partial charge is 0.371 e. The number of aromatic nitrogens is 2. The quantitative estimate of drug-likeness (QED) is 0.719. The monoisotopic (exact) mass is 364 g/mol. The summed E-state index contributed by atoms with van der Waals surface area (Å²) in [6, 6.07) is 17.8. The standard InChI is InChI=1S/C22H25FN4/c23-20-7-5-18(6-8-20)19-3-1-4-22(17-19)26-14-9-21(10-15-26)24-12-16-27-13-2-11-25-27/h1-8,11,13,17,21,24H,9-10,12,14-16H2. The molecule has 2 aromatic carbocycles. The maximum atomic E-state index is 13.2. The van der Waals surface area contributed by atoms with Crippen molar-refractivity contribution in [2.45, 2.75) is 25.4 Å². The Balaban J connectivity index is 1.31. The van der Waals surface area contributed by atoms with E-state index in [1.54, 1.807) is 0 Å². The van der Waals surface area contributed by atoms with Crippen molar-refractivity contribution in [3.8, 4) is 11.1 Å². The second-order valence-corrected chi connectivity index (χ2v) is 7.04. The van der Waals surface area contributed by atoms with Gasteiger partial charge in [-0.3, -0.25) is 4.68 Å². The maximum absolute atomic E-state index is 13.2. The van der Waals surface area contributed by atoms with Gasteiger partial charge in [0, 0.05) is 43.8 Å². The van der Waals surface area contributed by atoms with Crippen molar-refractivity contribution in [3.63, 3.8) is 0 Å². The molecular weight excluding hydrogens is 339 g/mol. The molecule has 0 bridgehead atoms. The number of rotatable bonds is 6. The summed E-state index contributed by atoms with van der Waals surface area (Å²) < 4.78 is 15.1. The molecule has 0 radical (unpaired) electrons. The molecular formula is C22H25FN4. The van der Waals surface area contributed by atoms with E-state index in [0.717, 1.165) is 50.1 Å². The highest BCUT2D eigenvalue weighted by Gasteiger charge is 2.19. The first kappa shape index (κ1) is 17.7. The van der Waals surface area contributed by atoms with Crippen LogP contribution < -0.4 is 10.2 Å². The Bertz CT molecular complexity index is 837.